The first-order valence-corrected chi connectivity index (χ1v) is 10.5. The first-order valence-electron chi connectivity index (χ1n) is 10.5. The Bertz CT molecular complexity index is 1210. The van der Waals surface area contributed by atoms with Gasteiger partial charge in [-0.1, -0.05) is 30.3 Å². The van der Waals surface area contributed by atoms with Crippen LogP contribution in [0.15, 0.2) is 71.8 Å². The molecule has 0 saturated carbocycles. The maximum absolute atomic E-state index is 5.53. The Morgan fingerprint density at radius 1 is 1.03 bits per heavy atom. The zero-order chi connectivity index (χ0) is 21.8. The van der Waals surface area contributed by atoms with E-state index in [1.807, 2.05) is 59.1 Å². The molecule has 1 saturated heterocycles. The topological polar surface area (TPSA) is 76.3 Å². The highest BCUT2D eigenvalue weighted by molar-refractivity contribution is 5.80. The fourth-order valence-corrected chi connectivity index (χ4v) is 3.65. The maximum atomic E-state index is 5.53. The monoisotopic (exact) mass is 428 g/mol. The van der Waals surface area contributed by atoms with Crippen molar-refractivity contribution in [1.29, 1.82) is 0 Å². The predicted molar refractivity (Wildman–Crippen MR) is 126 cm³/mol. The van der Waals surface area contributed by atoms with Gasteiger partial charge in [-0.15, -0.1) is 0 Å². The van der Waals surface area contributed by atoms with Crippen molar-refractivity contribution >= 4 is 23.5 Å². The van der Waals surface area contributed by atoms with Crippen molar-refractivity contribution in [1.82, 2.24) is 14.6 Å². The summed E-state index contributed by atoms with van der Waals surface area (Å²) in [5.74, 6) is 2.43. The van der Waals surface area contributed by atoms with Gasteiger partial charge in [-0.05, 0) is 29.8 Å². The Labute approximate surface area is 186 Å². The fourth-order valence-electron chi connectivity index (χ4n) is 3.65. The molecule has 5 rings (SSSR count). The van der Waals surface area contributed by atoms with Crippen molar-refractivity contribution in [3.63, 3.8) is 0 Å². The highest BCUT2D eigenvalue weighted by Gasteiger charge is 2.18. The van der Waals surface area contributed by atoms with E-state index in [1.165, 1.54) is 0 Å². The second-order valence-electron chi connectivity index (χ2n) is 7.41. The Morgan fingerprint density at radius 3 is 2.56 bits per heavy atom. The molecule has 4 aromatic rings. The Morgan fingerprint density at radius 2 is 1.81 bits per heavy atom. The quantitative estimate of drug-likeness (QED) is 0.373. The zero-order valence-electron chi connectivity index (χ0n) is 17.8. The summed E-state index contributed by atoms with van der Waals surface area (Å²) in [6.07, 6.45) is 1.76. The number of methoxy groups -OCH3 is 1. The lowest BCUT2D eigenvalue weighted by Gasteiger charge is -2.29. The van der Waals surface area contributed by atoms with Gasteiger partial charge in [0.2, 0.25) is 0 Å². The lowest BCUT2D eigenvalue weighted by molar-refractivity contribution is 0.122. The molecule has 8 nitrogen and oxygen atoms in total. The number of nitrogens with zero attached hydrogens (tertiary/aromatic N) is 5. The number of aromatic nitrogens is 3. The molecule has 1 N–H and O–H groups in total. The van der Waals surface area contributed by atoms with Crippen LogP contribution in [0.5, 0.6) is 5.75 Å². The SMILES string of the molecule is COc1ccc(/C=N/Nc2cc(N3CCOCC3)n3nc(-c4ccccc4)cc3n2)cc1. The summed E-state index contributed by atoms with van der Waals surface area (Å²) in [6, 6.07) is 21.8. The van der Waals surface area contributed by atoms with E-state index in [0.29, 0.717) is 19.0 Å². The van der Waals surface area contributed by atoms with Crippen molar-refractivity contribution < 1.29 is 9.47 Å². The van der Waals surface area contributed by atoms with E-state index < -0.39 is 0 Å². The lowest BCUT2D eigenvalue weighted by atomic mass is 10.2. The van der Waals surface area contributed by atoms with Crippen LogP contribution in [-0.4, -0.2) is 54.2 Å². The molecule has 8 heteroatoms. The highest BCUT2D eigenvalue weighted by atomic mass is 16.5. The van der Waals surface area contributed by atoms with E-state index >= 15 is 0 Å². The number of ether oxygens (including phenoxy) is 2. The van der Waals surface area contributed by atoms with Crippen LogP contribution in [-0.2, 0) is 4.74 Å². The maximum Gasteiger partial charge on any atom is 0.160 e. The van der Waals surface area contributed by atoms with Gasteiger partial charge < -0.3 is 14.4 Å². The van der Waals surface area contributed by atoms with Crippen LogP contribution in [0.25, 0.3) is 16.9 Å². The van der Waals surface area contributed by atoms with E-state index in [0.717, 1.165) is 47.1 Å². The summed E-state index contributed by atoms with van der Waals surface area (Å²) < 4.78 is 12.6. The van der Waals surface area contributed by atoms with Gasteiger partial charge in [0.1, 0.15) is 11.6 Å². The minimum absolute atomic E-state index is 0.656. The average Bonchev–Trinajstić information content (AvgIpc) is 3.29. The number of morpholine rings is 1. The van der Waals surface area contributed by atoms with E-state index in [2.05, 4.69) is 27.6 Å². The van der Waals surface area contributed by atoms with Crippen LogP contribution >= 0.6 is 0 Å². The van der Waals surface area contributed by atoms with Crippen LogP contribution in [0.4, 0.5) is 11.6 Å². The average molecular weight is 428 g/mol. The van der Waals surface area contributed by atoms with Crippen LogP contribution in [0.1, 0.15) is 5.56 Å². The van der Waals surface area contributed by atoms with E-state index in [4.69, 9.17) is 19.6 Å². The molecule has 1 aliphatic rings. The van der Waals surface area contributed by atoms with Gasteiger partial charge in [0.15, 0.2) is 11.5 Å². The van der Waals surface area contributed by atoms with Crippen molar-refractivity contribution in [2.24, 2.45) is 5.10 Å². The first-order chi connectivity index (χ1) is 15.8. The number of fused-ring (bicyclic) bond motifs is 1. The molecular weight excluding hydrogens is 404 g/mol. The van der Waals surface area contributed by atoms with Crippen molar-refractivity contribution in [3.05, 3.63) is 72.3 Å². The summed E-state index contributed by atoms with van der Waals surface area (Å²) in [6.45, 7) is 2.98. The molecule has 162 valence electrons. The van der Waals surface area contributed by atoms with Crippen LogP contribution in [0.2, 0.25) is 0 Å². The molecule has 0 aliphatic carbocycles. The molecule has 0 bridgehead atoms. The third kappa shape index (κ3) is 4.26. The third-order valence-electron chi connectivity index (χ3n) is 5.32. The van der Waals surface area contributed by atoms with Gasteiger partial charge in [-0.3, -0.25) is 5.43 Å². The summed E-state index contributed by atoms with van der Waals surface area (Å²) >= 11 is 0. The fraction of sp³-hybridized carbons (Fsp3) is 0.208. The number of hydrazone groups is 1. The van der Waals surface area contributed by atoms with Crippen molar-refractivity contribution in [3.8, 4) is 17.0 Å². The molecule has 0 radical (unpaired) electrons. The Kier molecular flexibility index (Phi) is 5.67. The minimum Gasteiger partial charge on any atom is -0.497 e. The number of anilines is 2. The molecule has 2 aromatic carbocycles. The third-order valence-corrected chi connectivity index (χ3v) is 5.32. The van der Waals surface area contributed by atoms with Crippen molar-refractivity contribution in [2.45, 2.75) is 0 Å². The van der Waals surface area contributed by atoms with E-state index in [1.54, 1.807) is 13.3 Å². The second kappa shape index (κ2) is 9.07. The smallest absolute Gasteiger partial charge is 0.160 e. The molecule has 0 amide bonds. The lowest BCUT2D eigenvalue weighted by Crippen LogP contribution is -2.37. The molecule has 0 unspecified atom stereocenters. The Hall–Kier alpha value is -3.91. The second-order valence-corrected chi connectivity index (χ2v) is 7.41. The van der Waals surface area contributed by atoms with Crippen molar-refractivity contribution in [2.75, 3.05) is 43.7 Å². The largest absolute Gasteiger partial charge is 0.497 e. The number of nitrogens with one attached hydrogen (secondary N) is 1. The molecule has 1 aliphatic heterocycles. The summed E-state index contributed by atoms with van der Waals surface area (Å²) in [5, 5.41) is 9.21. The van der Waals surface area contributed by atoms with Gasteiger partial charge in [0, 0.05) is 30.8 Å². The molecule has 0 spiro atoms. The molecule has 0 atom stereocenters. The predicted octanol–water partition coefficient (Wildman–Crippen LogP) is 3.69. The van der Waals surface area contributed by atoms with Gasteiger partial charge in [-0.2, -0.15) is 14.7 Å². The number of rotatable bonds is 6. The van der Waals surface area contributed by atoms with Crippen LogP contribution in [0, 0.1) is 0 Å². The van der Waals surface area contributed by atoms with Gasteiger partial charge in [0.05, 0.1) is 32.2 Å². The van der Waals surface area contributed by atoms with Gasteiger partial charge in [-0.25, -0.2) is 4.98 Å². The molecule has 1 fully saturated rings. The summed E-state index contributed by atoms with van der Waals surface area (Å²) in [5.41, 5.74) is 6.73. The Balaban J connectivity index is 1.47. The summed E-state index contributed by atoms with van der Waals surface area (Å²) in [4.78, 5) is 7.00. The normalized spacial score (nSPS) is 14.2. The highest BCUT2D eigenvalue weighted by Crippen LogP contribution is 2.25. The number of hydrogen-bond acceptors (Lipinski definition) is 7. The van der Waals surface area contributed by atoms with Crippen LogP contribution in [0.3, 0.4) is 0 Å². The molecule has 32 heavy (non-hydrogen) atoms. The zero-order valence-corrected chi connectivity index (χ0v) is 17.8. The standard InChI is InChI=1S/C24H24N6O2/c1-31-20-9-7-18(8-10-20)17-25-27-22-16-24(29-11-13-32-14-12-29)30-23(26-22)15-21(28-30)19-5-3-2-4-6-19/h2-10,15-17H,11-14H2,1H3,(H,26,27)/b25-17+. The van der Waals surface area contributed by atoms with Crippen LogP contribution < -0.4 is 15.1 Å². The van der Waals surface area contributed by atoms with Gasteiger partial charge in [0.25, 0.3) is 0 Å². The van der Waals surface area contributed by atoms with E-state index in [9.17, 15) is 0 Å². The molecular formula is C24H24N6O2. The minimum atomic E-state index is 0.656. The number of benzene rings is 2. The number of hydrogen-bond donors (Lipinski definition) is 1. The molecule has 3 heterocycles. The molecule has 2 aromatic heterocycles. The van der Waals surface area contributed by atoms with Gasteiger partial charge >= 0.3 is 0 Å². The van der Waals surface area contributed by atoms with E-state index in [-0.39, 0.29) is 0 Å². The first kappa shape index (κ1) is 20.0. The summed E-state index contributed by atoms with van der Waals surface area (Å²) in [7, 11) is 1.65.